The molecule has 2 aromatic rings. The van der Waals surface area contributed by atoms with Gasteiger partial charge in [-0.3, -0.25) is 9.36 Å². The molecule has 4 nitrogen and oxygen atoms in total. The van der Waals surface area contributed by atoms with Gasteiger partial charge in [-0.15, -0.1) is 0 Å². The summed E-state index contributed by atoms with van der Waals surface area (Å²) in [5.74, 6) is 0.572. The highest BCUT2D eigenvalue weighted by Gasteiger charge is 2.08. The summed E-state index contributed by atoms with van der Waals surface area (Å²) in [7, 11) is 1.75. The normalized spacial score (nSPS) is 10.7. The lowest BCUT2D eigenvalue weighted by Gasteiger charge is -2.10. The van der Waals surface area contributed by atoms with Gasteiger partial charge in [0.2, 0.25) is 5.95 Å². The Morgan fingerprint density at radius 1 is 1.50 bits per heavy atom. The average molecular weight is 238 g/mol. The molecule has 1 aromatic carbocycles. The summed E-state index contributed by atoms with van der Waals surface area (Å²) in [6, 6.07) is 5.13. The summed E-state index contributed by atoms with van der Waals surface area (Å²) < 4.78 is 1.58. The van der Waals surface area contributed by atoms with Crippen molar-refractivity contribution in [3.8, 4) is 0 Å². The number of nitrogens with one attached hydrogen (secondary N) is 1. The smallest absolute Gasteiger partial charge is 0.262 e. The molecule has 5 heteroatoms. The SMILES string of the molecule is CCn1c(NC)nc2ccc(Cl)cc2c1=O. The Labute approximate surface area is 97.9 Å². The zero-order chi connectivity index (χ0) is 11.7. The minimum Gasteiger partial charge on any atom is -0.359 e. The molecule has 0 fully saturated rings. The van der Waals surface area contributed by atoms with Gasteiger partial charge in [0.25, 0.3) is 5.56 Å². The molecule has 0 radical (unpaired) electrons. The Kier molecular flexibility index (Phi) is 2.83. The number of rotatable bonds is 2. The van der Waals surface area contributed by atoms with Gasteiger partial charge in [-0.1, -0.05) is 11.6 Å². The van der Waals surface area contributed by atoms with Crippen molar-refractivity contribution in [2.45, 2.75) is 13.5 Å². The average Bonchev–Trinajstić information content (AvgIpc) is 2.29. The van der Waals surface area contributed by atoms with Crippen LogP contribution in [-0.4, -0.2) is 16.6 Å². The third-order valence-corrected chi connectivity index (χ3v) is 2.69. The molecule has 1 aromatic heterocycles. The fraction of sp³-hybridized carbons (Fsp3) is 0.273. The predicted octanol–water partition coefficient (Wildman–Crippen LogP) is 2.11. The molecule has 84 valence electrons. The summed E-state index contributed by atoms with van der Waals surface area (Å²) in [6.45, 7) is 2.48. The second kappa shape index (κ2) is 4.14. The van der Waals surface area contributed by atoms with Crippen molar-refractivity contribution in [3.05, 3.63) is 33.6 Å². The van der Waals surface area contributed by atoms with E-state index in [0.717, 1.165) is 0 Å². The summed E-state index contributed by atoms with van der Waals surface area (Å²) in [4.78, 5) is 16.5. The first-order chi connectivity index (χ1) is 7.67. The van der Waals surface area contributed by atoms with E-state index in [0.29, 0.717) is 28.4 Å². The van der Waals surface area contributed by atoms with Crippen LogP contribution < -0.4 is 10.9 Å². The third-order valence-electron chi connectivity index (χ3n) is 2.46. The monoisotopic (exact) mass is 237 g/mol. The Bertz CT molecular complexity index is 592. The van der Waals surface area contributed by atoms with Crippen molar-refractivity contribution >= 4 is 28.5 Å². The molecule has 0 bridgehead atoms. The van der Waals surface area contributed by atoms with Crippen LogP contribution in [0.1, 0.15) is 6.92 Å². The molecule has 1 heterocycles. The van der Waals surface area contributed by atoms with E-state index in [1.165, 1.54) is 0 Å². The topological polar surface area (TPSA) is 46.9 Å². The van der Waals surface area contributed by atoms with Crippen molar-refractivity contribution in [1.29, 1.82) is 0 Å². The minimum atomic E-state index is -0.0700. The highest BCUT2D eigenvalue weighted by Crippen LogP contribution is 2.16. The van der Waals surface area contributed by atoms with Crippen LogP contribution >= 0.6 is 11.6 Å². The molecule has 0 saturated carbocycles. The van der Waals surface area contributed by atoms with E-state index < -0.39 is 0 Å². The van der Waals surface area contributed by atoms with Gasteiger partial charge in [-0.25, -0.2) is 4.98 Å². The molecule has 0 aliphatic carbocycles. The van der Waals surface area contributed by atoms with Gasteiger partial charge in [-0.05, 0) is 25.1 Å². The molecule has 0 atom stereocenters. The van der Waals surface area contributed by atoms with E-state index >= 15 is 0 Å². The van der Waals surface area contributed by atoms with Gasteiger partial charge in [0, 0.05) is 18.6 Å². The van der Waals surface area contributed by atoms with Crippen LogP contribution in [0.3, 0.4) is 0 Å². The second-order valence-electron chi connectivity index (χ2n) is 3.40. The van der Waals surface area contributed by atoms with Crippen LogP contribution in [0.2, 0.25) is 5.02 Å². The number of benzene rings is 1. The molecule has 0 amide bonds. The number of halogens is 1. The molecular formula is C11H12ClN3O. The number of aromatic nitrogens is 2. The molecule has 1 N–H and O–H groups in total. The molecule has 0 unspecified atom stereocenters. The van der Waals surface area contributed by atoms with E-state index in [1.807, 2.05) is 6.92 Å². The Hall–Kier alpha value is -1.55. The molecule has 0 aliphatic heterocycles. The summed E-state index contributed by atoms with van der Waals surface area (Å²) in [5, 5.41) is 4.01. The van der Waals surface area contributed by atoms with Crippen LogP contribution in [0.4, 0.5) is 5.95 Å². The first-order valence-electron chi connectivity index (χ1n) is 5.05. The van der Waals surface area contributed by atoms with Gasteiger partial charge in [-0.2, -0.15) is 0 Å². The molecule has 16 heavy (non-hydrogen) atoms. The molecule has 2 rings (SSSR count). The number of hydrogen-bond donors (Lipinski definition) is 1. The second-order valence-corrected chi connectivity index (χ2v) is 3.83. The summed E-state index contributed by atoms with van der Waals surface area (Å²) >= 11 is 5.87. The standard InChI is InChI=1S/C11H12ClN3O/c1-3-15-10(16)8-6-7(12)4-5-9(8)14-11(15)13-2/h4-6H,3H2,1-2H3,(H,13,14). The fourth-order valence-electron chi connectivity index (χ4n) is 1.68. The zero-order valence-electron chi connectivity index (χ0n) is 9.12. The Balaban J connectivity index is 2.88. The lowest BCUT2D eigenvalue weighted by molar-refractivity contribution is 0.727. The lowest BCUT2D eigenvalue weighted by atomic mass is 10.2. The Morgan fingerprint density at radius 3 is 2.88 bits per heavy atom. The molecule has 0 saturated heterocycles. The van der Waals surface area contributed by atoms with Crippen LogP contribution in [0, 0.1) is 0 Å². The number of fused-ring (bicyclic) bond motifs is 1. The third kappa shape index (κ3) is 1.65. The summed E-state index contributed by atoms with van der Waals surface area (Å²) in [5.41, 5.74) is 0.586. The van der Waals surface area contributed by atoms with Crippen molar-refractivity contribution in [2.75, 3.05) is 12.4 Å². The largest absolute Gasteiger partial charge is 0.359 e. The van der Waals surface area contributed by atoms with E-state index in [2.05, 4.69) is 10.3 Å². The van der Waals surface area contributed by atoms with Crippen molar-refractivity contribution < 1.29 is 0 Å². The quantitative estimate of drug-likeness (QED) is 0.870. The number of nitrogens with zero attached hydrogens (tertiary/aromatic N) is 2. The van der Waals surface area contributed by atoms with Gasteiger partial charge in [0.1, 0.15) is 0 Å². The number of anilines is 1. The predicted molar refractivity (Wildman–Crippen MR) is 66.2 cm³/mol. The van der Waals surface area contributed by atoms with E-state index in [4.69, 9.17) is 11.6 Å². The lowest BCUT2D eigenvalue weighted by Crippen LogP contribution is -2.23. The Morgan fingerprint density at radius 2 is 2.25 bits per heavy atom. The van der Waals surface area contributed by atoms with Gasteiger partial charge >= 0.3 is 0 Å². The van der Waals surface area contributed by atoms with E-state index in [-0.39, 0.29) is 5.56 Å². The zero-order valence-corrected chi connectivity index (χ0v) is 9.88. The van der Waals surface area contributed by atoms with Crippen molar-refractivity contribution in [3.63, 3.8) is 0 Å². The molecule has 0 spiro atoms. The maximum atomic E-state index is 12.1. The molecular weight excluding hydrogens is 226 g/mol. The number of hydrogen-bond acceptors (Lipinski definition) is 3. The first-order valence-corrected chi connectivity index (χ1v) is 5.43. The van der Waals surface area contributed by atoms with Gasteiger partial charge in [0.05, 0.1) is 10.9 Å². The van der Waals surface area contributed by atoms with Gasteiger partial charge in [0.15, 0.2) is 0 Å². The van der Waals surface area contributed by atoms with Crippen molar-refractivity contribution in [1.82, 2.24) is 9.55 Å². The maximum Gasteiger partial charge on any atom is 0.262 e. The fourth-order valence-corrected chi connectivity index (χ4v) is 1.85. The molecule has 0 aliphatic rings. The maximum absolute atomic E-state index is 12.1. The highest BCUT2D eigenvalue weighted by atomic mass is 35.5. The first kappa shape index (κ1) is 11.0. The van der Waals surface area contributed by atoms with E-state index in [9.17, 15) is 4.79 Å². The van der Waals surface area contributed by atoms with Crippen LogP contribution in [0.15, 0.2) is 23.0 Å². The van der Waals surface area contributed by atoms with E-state index in [1.54, 1.807) is 29.8 Å². The van der Waals surface area contributed by atoms with Crippen LogP contribution in [0.5, 0.6) is 0 Å². The minimum absolute atomic E-state index is 0.0700. The summed E-state index contributed by atoms with van der Waals surface area (Å²) in [6.07, 6.45) is 0. The highest BCUT2D eigenvalue weighted by molar-refractivity contribution is 6.31. The van der Waals surface area contributed by atoms with Gasteiger partial charge < -0.3 is 5.32 Å². The van der Waals surface area contributed by atoms with Crippen LogP contribution in [-0.2, 0) is 6.54 Å². The van der Waals surface area contributed by atoms with Crippen molar-refractivity contribution in [2.24, 2.45) is 0 Å². The van der Waals surface area contributed by atoms with Crippen LogP contribution in [0.25, 0.3) is 10.9 Å².